The molecule has 0 saturated heterocycles. The minimum Gasteiger partial charge on any atom is -0.478 e. The van der Waals surface area contributed by atoms with E-state index in [1.807, 2.05) is 26.0 Å². The number of halogens is 1. The molecule has 0 aliphatic carbocycles. The van der Waals surface area contributed by atoms with Crippen molar-refractivity contribution in [3.8, 4) is 0 Å². The topological polar surface area (TPSA) is 40.5 Å². The number of nitrogens with zero attached hydrogens (tertiary/aromatic N) is 1. The fourth-order valence-corrected chi connectivity index (χ4v) is 0.866. The number of aliphatic carboxylic acids is 1. The first-order valence-electron chi connectivity index (χ1n) is 5.32. The second kappa shape index (κ2) is 15.0. The molecule has 0 amide bonds. The van der Waals surface area contributed by atoms with E-state index in [0.29, 0.717) is 0 Å². The van der Waals surface area contributed by atoms with Crippen LogP contribution in [0.15, 0.2) is 12.2 Å². The summed E-state index contributed by atoms with van der Waals surface area (Å²) >= 11 is -0.688. The first kappa shape index (κ1) is 21.3. The van der Waals surface area contributed by atoms with E-state index in [2.05, 4.69) is 20.4 Å². The van der Waals surface area contributed by atoms with Gasteiger partial charge in [0.1, 0.15) is 0 Å². The largest absolute Gasteiger partial charge is 0.478 e. The van der Waals surface area contributed by atoms with E-state index in [1.54, 1.807) is 0 Å². The summed E-state index contributed by atoms with van der Waals surface area (Å²) in [7, 11) is 11.8. The van der Waals surface area contributed by atoms with E-state index in [4.69, 9.17) is 15.2 Å². The van der Waals surface area contributed by atoms with Crippen LogP contribution in [0.2, 0.25) is 10.6 Å². The maximum Gasteiger partial charge on any atom is 0.399 e. The van der Waals surface area contributed by atoms with E-state index in [1.165, 1.54) is 17.5 Å². The van der Waals surface area contributed by atoms with Crippen molar-refractivity contribution in [1.82, 2.24) is 4.90 Å². The summed E-state index contributed by atoms with van der Waals surface area (Å²) < 4.78 is 0. The van der Waals surface area contributed by atoms with E-state index in [0.717, 1.165) is 0 Å². The van der Waals surface area contributed by atoms with Crippen molar-refractivity contribution in [1.29, 1.82) is 0 Å². The van der Waals surface area contributed by atoms with Gasteiger partial charge in [0, 0.05) is 5.57 Å². The zero-order chi connectivity index (χ0) is 13.7. The quantitative estimate of drug-likeness (QED) is 0.630. The van der Waals surface area contributed by atoms with Gasteiger partial charge in [-0.05, 0) is 28.1 Å². The summed E-state index contributed by atoms with van der Waals surface area (Å²) in [5.74, 6) is -0.935. The average Bonchev–Trinajstić information content (AvgIpc) is 2.16. The Morgan fingerprint density at radius 3 is 1.50 bits per heavy atom. The molecule has 0 aliphatic rings. The third-order valence-electron chi connectivity index (χ3n) is 1.25. The lowest BCUT2D eigenvalue weighted by Gasteiger charge is -1.90. The molecule has 0 atom stereocenters. The molecule has 0 fully saturated rings. The highest BCUT2D eigenvalue weighted by Crippen LogP contribution is 2.00. The van der Waals surface area contributed by atoms with Crippen molar-refractivity contribution < 1.29 is 9.90 Å². The molecule has 5 heteroatoms. The molecule has 0 saturated carbocycles. The van der Waals surface area contributed by atoms with Crippen molar-refractivity contribution in [3.63, 3.8) is 0 Å². The van der Waals surface area contributed by atoms with Crippen LogP contribution in [0, 0.1) is 0 Å². The summed E-state index contributed by atoms with van der Waals surface area (Å²) in [6.45, 7) is 8.92. The van der Waals surface area contributed by atoms with Gasteiger partial charge in [-0.15, -0.1) is 0 Å². The van der Waals surface area contributed by atoms with Gasteiger partial charge in [0.2, 0.25) is 0 Å². The highest BCUT2D eigenvalue weighted by atomic mass is 35.6. The van der Waals surface area contributed by atoms with Gasteiger partial charge in [0.25, 0.3) is 0 Å². The lowest BCUT2D eigenvalue weighted by atomic mass is 10.4. The van der Waals surface area contributed by atoms with Crippen LogP contribution < -0.4 is 0 Å². The molecule has 0 unspecified atom stereocenters. The standard InChI is InChI=1S/C4H6O2.C3H9N.2C2H5.Al.ClH/c1-3(2)4(5)6;1-4(2)3;2*1-2;;/h1H2,2H3,(H,5,6);1-3H3;2*1H2,2H3;;1H/q;;;;+1;/p-1. The van der Waals surface area contributed by atoms with Crippen LogP contribution in [-0.4, -0.2) is 50.3 Å². The predicted molar refractivity (Wildman–Crippen MR) is 74.6 cm³/mol. The minimum atomic E-state index is -0.935. The smallest absolute Gasteiger partial charge is 0.399 e. The van der Waals surface area contributed by atoms with Crippen molar-refractivity contribution in [2.45, 2.75) is 31.3 Å². The van der Waals surface area contributed by atoms with Crippen LogP contribution in [0.3, 0.4) is 0 Å². The third-order valence-corrected chi connectivity index (χ3v) is 4.87. The van der Waals surface area contributed by atoms with Gasteiger partial charge in [-0.3, -0.25) is 10.0 Å². The van der Waals surface area contributed by atoms with Gasteiger partial charge in [-0.1, -0.05) is 31.0 Å². The fraction of sp³-hybridized carbons (Fsp3) is 0.727. The lowest BCUT2D eigenvalue weighted by molar-refractivity contribution is -0.132. The third kappa shape index (κ3) is 37.0. The number of hydrogen-bond donors (Lipinski definition) is 1. The van der Waals surface area contributed by atoms with Gasteiger partial charge in [-0.2, -0.15) is 0 Å². The number of hydrogen-bond acceptors (Lipinski definition) is 2. The Hall–Kier alpha value is -0.00753. The second-order valence-corrected chi connectivity index (χ2v) is 8.52. The molecule has 3 nitrogen and oxygen atoms in total. The van der Waals surface area contributed by atoms with Crippen LogP contribution in [0.25, 0.3) is 0 Å². The molecule has 0 heterocycles. The molecule has 0 radical (unpaired) electrons. The molecule has 1 N–H and O–H groups in total. The minimum absolute atomic E-state index is 0.176. The average molecular weight is 266 g/mol. The van der Waals surface area contributed by atoms with Crippen molar-refractivity contribution in [2.75, 3.05) is 21.1 Å². The first-order valence-corrected chi connectivity index (χ1v) is 8.70. The van der Waals surface area contributed by atoms with Crippen LogP contribution in [0.4, 0.5) is 0 Å². The second-order valence-electron chi connectivity index (χ2n) is 3.84. The van der Waals surface area contributed by atoms with Gasteiger partial charge in [0.05, 0.1) is 0 Å². The summed E-state index contributed by atoms with van der Waals surface area (Å²) in [5.41, 5.74) is 0.176. The molecule has 0 aromatic heterocycles. The summed E-state index contributed by atoms with van der Waals surface area (Å²) in [6.07, 6.45) is 0. The Labute approximate surface area is 109 Å². The van der Waals surface area contributed by atoms with Crippen LogP contribution in [0.1, 0.15) is 20.8 Å². The van der Waals surface area contributed by atoms with Crippen molar-refractivity contribution >= 4 is 29.2 Å². The maximum absolute atomic E-state index is 9.60. The summed E-state index contributed by atoms with van der Waals surface area (Å²) in [6, 6.07) is 0. The molecule has 96 valence electrons. The molecule has 0 spiro atoms. The number of carboxylic acid groups (broad SMARTS) is 1. The Bertz CT molecular complexity index is 168. The molecule has 0 bridgehead atoms. The molecular weight excluding hydrogens is 241 g/mol. The molecule has 0 aromatic carbocycles. The SMILES string of the molecule is C=C(C)C(=O)O.CN(C)C.C[CH2][Al]([Cl])[CH2]C. The van der Waals surface area contributed by atoms with Gasteiger partial charge < -0.3 is 10.0 Å². The normalized spacial score (nSPS) is 8.25. The zero-order valence-corrected chi connectivity index (χ0v) is 13.3. The van der Waals surface area contributed by atoms with E-state index in [9.17, 15) is 4.79 Å². The predicted octanol–water partition coefficient (Wildman–Crippen LogP) is 3.08. The van der Waals surface area contributed by atoms with E-state index < -0.39 is 19.2 Å². The zero-order valence-electron chi connectivity index (χ0n) is 11.4. The van der Waals surface area contributed by atoms with Gasteiger partial charge in [0.15, 0.2) is 0 Å². The van der Waals surface area contributed by atoms with E-state index in [-0.39, 0.29) is 5.57 Å². The Morgan fingerprint density at radius 2 is 1.50 bits per heavy atom. The molecule has 0 aromatic rings. The molecule has 0 aliphatic heterocycles. The first-order chi connectivity index (χ1) is 7.18. The van der Waals surface area contributed by atoms with Crippen molar-refractivity contribution in [3.05, 3.63) is 12.2 Å². The molecule has 16 heavy (non-hydrogen) atoms. The highest BCUT2D eigenvalue weighted by molar-refractivity contribution is 7.06. The molecular formula is C11H25AlClNO2. The number of carboxylic acids is 1. The van der Waals surface area contributed by atoms with Gasteiger partial charge >= 0.3 is 19.2 Å². The Balaban J connectivity index is -0.000000162. The lowest BCUT2D eigenvalue weighted by Crippen LogP contribution is -1.99. The summed E-state index contributed by atoms with van der Waals surface area (Å²) in [5, 5.41) is 10.4. The summed E-state index contributed by atoms with van der Waals surface area (Å²) in [4.78, 5) is 11.6. The highest BCUT2D eigenvalue weighted by Gasteiger charge is 2.04. The van der Waals surface area contributed by atoms with Crippen LogP contribution in [-0.2, 0) is 4.79 Å². The van der Waals surface area contributed by atoms with Crippen molar-refractivity contribution in [2.24, 2.45) is 0 Å². The van der Waals surface area contributed by atoms with Gasteiger partial charge in [-0.25, -0.2) is 4.79 Å². The monoisotopic (exact) mass is 265 g/mol. The Kier molecular flexibility index (Phi) is 20.0. The van der Waals surface area contributed by atoms with E-state index >= 15 is 0 Å². The van der Waals surface area contributed by atoms with Crippen LogP contribution >= 0.6 is 10.0 Å². The fourth-order valence-electron chi connectivity index (χ4n) is 0.289. The Morgan fingerprint density at radius 1 is 1.31 bits per heavy atom. The maximum atomic E-state index is 9.60. The number of carbonyl (C=O) groups is 1. The molecule has 0 rings (SSSR count). The van der Waals surface area contributed by atoms with Crippen LogP contribution in [0.5, 0.6) is 0 Å². The number of rotatable bonds is 3.